The molecule has 0 radical (unpaired) electrons. The topological polar surface area (TPSA) is 37.8 Å². The van der Waals surface area contributed by atoms with Crippen molar-refractivity contribution in [2.45, 2.75) is 51.3 Å². The predicted octanol–water partition coefficient (Wildman–Crippen LogP) is 4.82. The lowest BCUT2D eigenvalue weighted by atomic mass is 10.2. The highest BCUT2D eigenvalue weighted by Crippen LogP contribution is 2.36. The second kappa shape index (κ2) is 6.76. The standard InChI is InChI=1S/C15H23N3S2/c1-6-11-8-12-13(19-10(5)9(3)4)17-15(16-7-2)18-14(12)20-11/h8-10H,6-7H2,1-5H3,(H,16,17,18). The zero-order valence-corrected chi connectivity index (χ0v) is 14.5. The smallest absolute Gasteiger partial charge is 0.225 e. The second-order valence-electron chi connectivity index (χ2n) is 5.23. The molecule has 0 aliphatic rings. The molecule has 2 aromatic heterocycles. The molecule has 0 spiro atoms. The zero-order valence-electron chi connectivity index (χ0n) is 12.9. The highest BCUT2D eigenvalue weighted by molar-refractivity contribution is 8.00. The van der Waals surface area contributed by atoms with Crippen LogP contribution in [0.1, 0.15) is 39.5 Å². The minimum atomic E-state index is 0.549. The molecule has 2 aromatic rings. The third-order valence-corrected chi connectivity index (χ3v) is 5.95. The highest BCUT2D eigenvalue weighted by atomic mass is 32.2. The van der Waals surface area contributed by atoms with Crippen molar-refractivity contribution in [3.8, 4) is 0 Å². The Kier molecular flexibility index (Phi) is 5.27. The Morgan fingerprint density at radius 1 is 1.25 bits per heavy atom. The first-order valence-electron chi connectivity index (χ1n) is 7.26. The van der Waals surface area contributed by atoms with Crippen LogP contribution in [-0.2, 0) is 6.42 Å². The average Bonchev–Trinajstić information content (AvgIpc) is 2.82. The van der Waals surface area contributed by atoms with Gasteiger partial charge < -0.3 is 5.32 Å². The first-order chi connectivity index (χ1) is 9.55. The van der Waals surface area contributed by atoms with Gasteiger partial charge >= 0.3 is 0 Å². The summed E-state index contributed by atoms with van der Waals surface area (Å²) >= 11 is 3.64. The van der Waals surface area contributed by atoms with Gasteiger partial charge in [0.2, 0.25) is 5.95 Å². The van der Waals surface area contributed by atoms with Gasteiger partial charge in [-0.15, -0.1) is 23.1 Å². The summed E-state index contributed by atoms with van der Waals surface area (Å²) in [6, 6.07) is 2.26. The molecule has 2 rings (SSSR count). The van der Waals surface area contributed by atoms with Crippen LogP contribution in [0.2, 0.25) is 0 Å². The SMILES string of the molecule is CCNc1nc(SC(C)C(C)C)c2cc(CC)sc2n1. The molecular weight excluding hydrogens is 286 g/mol. The van der Waals surface area contributed by atoms with Gasteiger partial charge in [-0.05, 0) is 25.3 Å². The lowest BCUT2D eigenvalue weighted by molar-refractivity contribution is 0.642. The largest absolute Gasteiger partial charge is 0.354 e. The summed E-state index contributed by atoms with van der Waals surface area (Å²) in [5, 5.41) is 6.12. The number of nitrogens with one attached hydrogen (secondary N) is 1. The molecule has 1 N–H and O–H groups in total. The third-order valence-electron chi connectivity index (χ3n) is 3.33. The molecule has 0 bridgehead atoms. The van der Waals surface area contributed by atoms with Crippen LogP contribution in [0.15, 0.2) is 11.1 Å². The van der Waals surface area contributed by atoms with Crippen LogP contribution in [0, 0.1) is 5.92 Å². The van der Waals surface area contributed by atoms with Gasteiger partial charge in [0.05, 0.1) is 0 Å². The normalized spacial score (nSPS) is 13.1. The number of hydrogen-bond acceptors (Lipinski definition) is 5. The van der Waals surface area contributed by atoms with Crippen LogP contribution < -0.4 is 5.32 Å². The number of aryl methyl sites for hydroxylation is 1. The Bertz CT molecular complexity index is 578. The third kappa shape index (κ3) is 3.44. The lowest BCUT2D eigenvalue weighted by Crippen LogP contribution is -2.07. The molecule has 20 heavy (non-hydrogen) atoms. The van der Waals surface area contributed by atoms with Crippen molar-refractivity contribution < 1.29 is 0 Å². The second-order valence-corrected chi connectivity index (χ2v) is 7.72. The molecule has 2 heterocycles. The molecule has 1 atom stereocenters. The van der Waals surface area contributed by atoms with E-state index in [4.69, 9.17) is 4.98 Å². The summed E-state index contributed by atoms with van der Waals surface area (Å²) in [4.78, 5) is 11.8. The summed E-state index contributed by atoms with van der Waals surface area (Å²) < 4.78 is 0. The Balaban J connectivity index is 2.45. The molecule has 5 heteroatoms. The highest BCUT2D eigenvalue weighted by Gasteiger charge is 2.16. The molecule has 0 aliphatic carbocycles. The van der Waals surface area contributed by atoms with Crippen molar-refractivity contribution in [2.75, 3.05) is 11.9 Å². The van der Waals surface area contributed by atoms with E-state index < -0.39 is 0 Å². The maximum absolute atomic E-state index is 4.71. The van der Waals surface area contributed by atoms with Gasteiger partial charge in [-0.3, -0.25) is 0 Å². The number of thioether (sulfide) groups is 1. The van der Waals surface area contributed by atoms with E-state index >= 15 is 0 Å². The van der Waals surface area contributed by atoms with Crippen LogP contribution in [-0.4, -0.2) is 21.8 Å². The monoisotopic (exact) mass is 309 g/mol. The van der Waals surface area contributed by atoms with E-state index in [0.717, 1.165) is 28.8 Å². The van der Waals surface area contributed by atoms with Gasteiger partial charge in [-0.2, -0.15) is 0 Å². The van der Waals surface area contributed by atoms with Crippen LogP contribution in [0.3, 0.4) is 0 Å². The Morgan fingerprint density at radius 3 is 2.60 bits per heavy atom. The van der Waals surface area contributed by atoms with Crippen molar-refractivity contribution in [1.29, 1.82) is 0 Å². The number of anilines is 1. The predicted molar refractivity (Wildman–Crippen MR) is 91.1 cm³/mol. The molecule has 3 nitrogen and oxygen atoms in total. The van der Waals surface area contributed by atoms with E-state index in [9.17, 15) is 0 Å². The molecular formula is C15H23N3S2. The van der Waals surface area contributed by atoms with E-state index in [1.807, 2.05) is 11.8 Å². The molecule has 0 amide bonds. The summed E-state index contributed by atoms with van der Waals surface area (Å²) in [7, 11) is 0. The number of hydrogen-bond donors (Lipinski definition) is 1. The summed E-state index contributed by atoms with van der Waals surface area (Å²) in [6.07, 6.45) is 1.06. The first kappa shape index (κ1) is 15.6. The van der Waals surface area contributed by atoms with E-state index in [-0.39, 0.29) is 0 Å². The molecule has 0 saturated carbocycles. The Labute approximate surface area is 129 Å². The molecule has 0 saturated heterocycles. The van der Waals surface area contributed by atoms with Crippen molar-refractivity contribution >= 4 is 39.3 Å². The number of aromatic nitrogens is 2. The minimum absolute atomic E-state index is 0.549. The van der Waals surface area contributed by atoms with Gasteiger partial charge in [0, 0.05) is 22.1 Å². The molecule has 0 fully saturated rings. The van der Waals surface area contributed by atoms with Crippen LogP contribution in [0.5, 0.6) is 0 Å². The number of thiophene rings is 1. The van der Waals surface area contributed by atoms with Crippen molar-refractivity contribution in [3.63, 3.8) is 0 Å². The van der Waals surface area contributed by atoms with E-state index in [1.54, 1.807) is 11.3 Å². The number of rotatable bonds is 6. The van der Waals surface area contributed by atoms with Gasteiger partial charge in [0.15, 0.2) is 0 Å². The Hall–Kier alpha value is -0.810. The molecule has 110 valence electrons. The quantitative estimate of drug-likeness (QED) is 0.613. The lowest BCUT2D eigenvalue weighted by Gasteiger charge is -2.15. The fraction of sp³-hybridized carbons (Fsp3) is 0.600. The number of nitrogens with zero attached hydrogens (tertiary/aromatic N) is 2. The van der Waals surface area contributed by atoms with E-state index in [0.29, 0.717) is 11.2 Å². The summed E-state index contributed by atoms with van der Waals surface area (Å²) in [5.41, 5.74) is 0. The van der Waals surface area contributed by atoms with Gasteiger partial charge in [0.1, 0.15) is 9.86 Å². The van der Waals surface area contributed by atoms with E-state index in [2.05, 4.69) is 51.0 Å². The van der Waals surface area contributed by atoms with Gasteiger partial charge in [0.25, 0.3) is 0 Å². The first-order valence-corrected chi connectivity index (χ1v) is 8.95. The fourth-order valence-electron chi connectivity index (χ4n) is 1.76. The van der Waals surface area contributed by atoms with E-state index in [1.165, 1.54) is 10.3 Å². The van der Waals surface area contributed by atoms with Crippen LogP contribution >= 0.6 is 23.1 Å². The summed E-state index contributed by atoms with van der Waals surface area (Å²) in [6.45, 7) is 11.9. The Morgan fingerprint density at radius 2 is 2.00 bits per heavy atom. The molecule has 1 unspecified atom stereocenters. The van der Waals surface area contributed by atoms with Crippen LogP contribution in [0.25, 0.3) is 10.2 Å². The minimum Gasteiger partial charge on any atom is -0.354 e. The maximum Gasteiger partial charge on any atom is 0.225 e. The zero-order chi connectivity index (χ0) is 14.7. The van der Waals surface area contributed by atoms with Crippen LogP contribution in [0.4, 0.5) is 5.95 Å². The maximum atomic E-state index is 4.71. The molecule has 0 aliphatic heterocycles. The summed E-state index contributed by atoms with van der Waals surface area (Å²) in [5.74, 6) is 1.39. The molecule has 0 aromatic carbocycles. The van der Waals surface area contributed by atoms with Crippen molar-refractivity contribution in [2.24, 2.45) is 5.92 Å². The van der Waals surface area contributed by atoms with Crippen molar-refractivity contribution in [3.05, 3.63) is 10.9 Å². The van der Waals surface area contributed by atoms with Crippen molar-refractivity contribution in [1.82, 2.24) is 9.97 Å². The number of fused-ring (bicyclic) bond motifs is 1. The van der Waals surface area contributed by atoms with Gasteiger partial charge in [-0.25, -0.2) is 9.97 Å². The fourth-order valence-corrected chi connectivity index (χ4v) is 3.84. The van der Waals surface area contributed by atoms with Gasteiger partial charge in [-0.1, -0.05) is 27.7 Å². The average molecular weight is 310 g/mol.